The van der Waals surface area contributed by atoms with Crippen LogP contribution in [0, 0.1) is 5.92 Å². The minimum absolute atomic E-state index is 0.0437. The molecule has 1 aliphatic rings. The van der Waals surface area contributed by atoms with Gasteiger partial charge in [-0.1, -0.05) is 18.2 Å². The van der Waals surface area contributed by atoms with Crippen molar-refractivity contribution in [3.63, 3.8) is 0 Å². The zero-order valence-electron chi connectivity index (χ0n) is 11.3. The van der Waals surface area contributed by atoms with E-state index in [0.29, 0.717) is 39.0 Å². The molecule has 20 heavy (non-hydrogen) atoms. The molecule has 2 rings (SSSR count). The number of carbonyl (C=O) groups is 2. The second kappa shape index (κ2) is 6.93. The van der Waals surface area contributed by atoms with E-state index in [0.717, 1.165) is 5.75 Å². The Balaban J connectivity index is 1.72. The first kappa shape index (κ1) is 14.4. The van der Waals surface area contributed by atoms with Gasteiger partial charge in [-0.25, -0.2) is 0 Å². The molecular formula is C15H19NO4. The van der Waals surface area contributed by atoms with Gasteiger partial charge in [0.1, 0.15) is 5.75 Å². The fourth-order valence-corrected chi connectivity index (χ4v) is 2.29. The van der Waals surface area contributed by atoms with Gasteiger partial charge in [-0.3, -0.25) is 9.59 Å². The minimum atomic E-state index is -0.817. The highest BCUT2D eigenvalue weighted by Crippen LogP contribution is 2.18. The molecule has 1 saturated heterocycles. The fraction of sp³-hybridized carbons (Fsp3) is 0.467. The van der Waals surface area contributed by atoms with Crippen LogP contribution in [-0.4, -0.2) is 41.6 Å². The van der Waals surface area contributed by atoms with Crippen molar-refractivity contribution in [3.05, 3.63) is 30.3 Å². The van der Waals surface area contributed by atoms with Crippen molar-refractivity contribution in [1.29, 1.82) is 0 Å². The van der Waals surface area contributed by atoms with Crippen LogP contribution in [0.2, 0.25) is 0 Å². The second-order valence-electron chi connectivity index (χ2n) is 4.93. The van der Waals surface area contributed by atoms with E-state index < -0.39 is 11.9 Å². The molecule has 1 atom stereocenters. The summed E-state index contributed by atoms with van der Waals surface area (Å²) in [5, 5.41) is 9.00. The van der Waals surface area contributed by atoms with Gasteiger partial charge in [0.15, 0.2) is 0 Å². The first-order valence-electron chi connectivity index (χ1n) is 6.85. The number of nitrogens with zero attached hydrogens (tertiary/aromatic N) is 1. The number of rotatable bonds is 6. The number of aliphatic carboxylic acids is 1. The Kier molecular flexibility index (Phi) is 4.98. The number of ether oxygens (including phenoxy) is 1. The molecule has 108 valence electrons. The van der Waals surface area contributed by atoms with Crippen LogP contribution in [0.5, 0.6) is 5.75 Å². The number of hydrogen-bond acceptors (Lipinski definition) is 3. The van der Waals surface area contributed by atoms with Crippen LogP contribution in [0.4, 0.5) is 0 Å². The number of piperidine rings is 1. The Morgan fingerprint density at radius 3 is 2.80 bits per heavy atom. The fourth-order valence-electron chi connectivity index (χ4n) is 2.29. The van der Waals surface area contributed by atoms with Crippen LogP contribution in [-0.2, 0) is 9.59 Å². The van der Waals surface area contributed by atoms with Gasteiger partial charge in [0.2, 0.25) is 5.91 Å². The number of benzene rings is 1. The molecule has 1 amide bonds. The standard InChI is InChI=1S/C15H19NO4/c17-14-8-7-12(15(18)19)11-16(14)9-4-10-20-13-5-2-1-3-6-13/h1-3,5-6,12H,4,7-11H2,(H,18,19). The Labute approximate surface area is 118 Å². The van der Waals surface area contributed by atoms with Gasteiger partial charge in [-0.2, -0.15) is 0 Å². The maximum absolute atomic E-state index is 11.7. The van der Waals surface area contributed by atoms with E-state index in [1.54, 1.807) is 4.90 Å². The largest absolute Gasteiger partial charge is 0.494 e. The summed E-state index contributed by atoms with van der Waals surface area (Å²) in [5.74, 6) is -0.395. The summed E-state index contributed by atoms with van der Waals surface area (Å²) in [7, 11) is 0. The van der Waals surface area contributed by atoms with Crippen LogP contribution in [0.25, 0.3) is 0 Å². The molecule has 0 saturated carbocycles. The van der Waals surface area contributed by atoms with Crippen LogP contribution in [0.3, 0.4) is 0 Å². The van der Waals surface area contributed by atoms with Gasteiger partial charge in [-0.05, 0) is 25.0 Å². The highest BCUT2D eigenvalue weighted by atomic mass is 16.5. The Morgan fingerprint density at radius 1 is 1.35 bits per heavy atom. The topological polar surface area (TPSA) is 66.8 Å². The average molecular weight is 277 g/mol. The van der Waals surface area contributed by atoms with Crippen LogP contribution >= 0.6 is 0 Å². The summed E-state index contributed by atoms with van der Waals surface area (Å²) in [5.41, 5.74) is 0. The number of para-hydroxylation sites is 1. The lowest BCUT2D eigenvalue weighted by Gasteiger charge is -2.30. The van der Waals surface area contributed by atoms with Gasteiger partial charge in [0.25, 0.3) is 0 Å². The van der Waals surface area contributed by atoms with Gasteiger partial charge in [-0.15, -0.1) is 0 Å². The summed E-state index contributed by atoms with van der Waals surface area (Å²) in [6.45, 7) is 1.39. The van der Waals surface area contributed by atoms with Gasteiger partial charge in [0, 0.05) is 19.5 Å². The predicted octanol–water partition coefficient (Wildman–Crippen LogP) is 1.78. The predicted molar refractivity (Wildman–Crippen MR) is 73.5 cm³/mol. The van der Waals surface area contributed by atoms with Crippen LogP contribution < -0.4 is 4.74 Å². The van der Waals surface area contributed by atoms with E-state index in [9.17, 15) is 9.59 Å². The van der Waals surface area contributed by atoms with Crippen LogP contribution in [0.1, 0.15) is 19.3 Å². The summed E-state index contributed by atoms with van der Waals surface area (Å²) >= 11 is 0. The molecule has 0 spiro atoms. The SMILES string of the molecule is O=C(O)C1CCC(=O)N(CCCOc2ccccc2)C1. The molecule has 1 aliphatic heterocycles. The number of hydrogen-bond donors (Lipinski definition) is 1. The van der Waals surface area contributed by atoms with Gasteiger partial charge in [0.05, 0.1) is 12.5 Å². The van der Waals surface area contributed by atoms with Crippen molar-refractivity contribution in [1.82, 2.24) is 4.90 Å². The van der Waals surface area contributed by atoms with E-state index in [1.807, 2.05) is 30.3 Å². The summed E-state index contributed by atoms with van der Waals surface area (Å²) in [6, 6.07) is 9.49. The zero-order valence-corrected chi connectivity index (χ0v) is 11.3. The highest BCUT2D eigenvalue weighted by Gasteiger charge is 2.29. The molecule has 0 radical (unpaired) electrons. The van der Waals surface area contributed by atoms with Gasteiger partial charge >= 0.3 is 5.97 Å². The van der Waals surface area contributed by atoms with Crippen LogP contribution in [0.15, 0.2) is 30.3 Å². The normalized spacial score (nSPS) is 18.9. The molecule has 1 fully saturated rings. The number of carboxylic acids is 1. The Hall–Kier alpha value is -2.04. The maximum Gasteiger partial charge on any atom is 0.308 e. The van der Waals surface area contributed by atoms with Crippen molar-refractivity contribution < 1.29 is 19.4 Å². The number of carbonyl (C=O) groups excluding carboxylic acids is 1. The Morgan fingerprint density at radius 2 is 2.10 bits per heavy atom. The lowest BCUT2D eigenvalue weighted by molar-refractivity contribution is -0.147. The lowest BCUT2D eigenvalue weighted by atomic mass is 9.98. The Bertz CT molecular complexity index is 460. The molecule has 0 aromatic heterocycles. The molecule has 1 aromatic carbocycles. The van der Waals surface area contributed by atoms with Crippen molar-refractivity contribution >= 4 is 11.9 Å². The minimum Gasteiger partial charge on any atom is -0.494 e. The second-order valence-corrected chi connectivity index (χ2v) is 4.93. The van der Waals surface area contributed by atoms with Crippen molar-refractivity contribution in [3.8, 4) is 5.75 Å². The van der Waals surface area contributed by atoms with Crippen molar-refractivity contribution in [2.45, 2.75) is 19.3 Å². The van der Waals surface area contributed by atoms with Gasteiger partial charge < -0.3 is 14.7 Å². The molecule has 0 aliphatic carbocycles. The molecular weight excluding hydrogens is 258 g/mol. The third kappa shape index (κ3) is 3.98. The lowest BCUT2D eigenvalue weighted by Crippen LogP contribution is -2.43. The summed E-state index contributed by atoms with van der Waals surface area (Å²) < 4.78 is 5.55. The molecule has 5 nitrogen and oxygen atoms in total. The highest BCUT2D eigenvalue weighted by molar-refractivity contribution is 5.80. The molecule has 1 N–H and O–H groups in total. The maximum atomic E-state index is 11.7. The third-order valence-electron chi connectivity index (χ3n) is 3.43. The molecule has 0 bridgehead atoms. The monoisotopic (exact) mass is 277 g/mol. The smallest absolute Gasteiger partial charge is 0.308 e. The zero-order chi connectivity index (χ0) is 14.4. The molecule has 1 heterocycles. The number of carboxylic acid groups (broad SMARTS) is 1. The first-order chi connectivity index (χ1) is 9.66. The summed E-state index contributed by atoms with van der Waals surface area (Å²) in [4.78, 5) is 24.3. The first-order valence-corrected chi connectivity index (χ1v) is 6.85. The molecule has 1 unspecified atom stereocenters. The van der Waals surface area contributed by atoms with E-state index >= 15 is 0 Å². The summed E-state index contributed by atoms with van der Waals surface area (Å²) in [6.07, 6.45) is 1.48. The molecule has 5 heteroatoms. The molecule has 1 aromatic rings. The quantitative estimate of drug-likeness (QED) is 0.805. The third-order valence-corrected chi connectivity index (χ3v) is 3.43. The van der Waals surface area contributed by atoms with E-state index in [-0.39, 0.29) is 5.91 Å². The van der Waals surface area contributed by atoms with E-state index in [4.69, 9.17) is 9.84 Å². The van der Waals surface area contributed by atoms with Crippen molar-refractivity contribution in [2.75, 3.05) is 19.7 Å². The average Bonchev–Trinajstić information content (AvgIpc) is 2.46. The van der Waals surface area contributed by atoms with Crippen molar-refractivity contribution in [2.24, 2.45) is 5.92 Å². The van der Waals surface area contributed by atoms with E-state index in [1.165, 1.54) is 0 Å². The number of amides is 1. The van der Waals surface area contributed by atoms with E-state index in [2.05, 4.69) is 0 Å². The number of likely N-dealkylation sites (tertiary alicyclic amines) is 1.